The van der Waals surface area contributed by atoms with Crippen LogP contribution in [-0.2, 0) is 4.79 Å². The molecule has 0 atom stereocenters. The first-order valence-electron chi connectivity index (χ1n) is 6.75. The second-order valence-electron chi connectivity index (χ2n) is 6.29. The van der Waals surface area contributed by atoms with Crippen molar-refractivity contribution in [2.45, 2.75) is 58.8 Å². The highest BCUT2D eigenvalue weighted by Crippen LogP contribution is 2.59. The number of hydrogen-bond acceptors (Lipinski definition) is 1. The van der Waals surface area contributed by atoms with Crippen LogP contribution in [0.5, 0.6) is 0 Å². The Labute approximate surface area is 98.4 Å². The van der Waals surface area contributed by atoms with Gasteiger partial charge >= 0.3 is 5.97 Å². The summed E-state index contributed by atoms with van der Waals surface area (Å²) in [6, 6.07) is 0. The molecule has 2 saturated carbocycles. The van der Waals surface area contributed by atoms with Crippen LogP contribution in [0.3, 0.4) is 0 Å². The summed E-state index contributed by atoms with van der Waals surface area (Å²) in [7, 11) is 0. The van der Waals surface area contributed by atoms with E-state index in [-0.39, 0.29) is 5.41 Å². The predicted octanol–water partition coefficient (Wildman–Crippen LogP) is 3.70. The molecule has 0 unspecified atom stereocenters. The van der Waals surface area contributed by atoms with Crippen LogP contribution in [0, 0.1) is 23.2 Å². The van der Waals surface area contributed by atoms with Crippen molar-refractivity contribution in [3.63, 3.8) is 0 Å². The van der Waals surface area contributed by atoms with Crippen LogP contribution in [0.15, 0.2) is 0 Å². The lowest BCUT2D eigenvalue weighted by Gasteiger charge is -2.35. The van der Waals surface area contributed by atoms with Crippen LogP contribution in [0.25, 0.3) is 0 Å². The van der Waals surface area contributed by atoms with E-state index in [1.165, 1.54) is 25.7 Å². The fourth-order valence-corrected chi connectivity index (χ4v) is 3.59. The van der Waals surface area contributed by atoms with Gasteiger partial charge in [0.1, 0.15) is 0 Å². The maximum atomic E-state index is 10.9. The normalized spacial score (nSPS) is 32.7. The smallest absolute Gasteiger partial charge is 0.303 e. The summed E-state index contributed by atoms with van der Waals surface area (Å²) in [5.41, 5.74) is 0.216. The summed E-state index contributed by atoms with van der Waals surface area (Å²) in [6.07, 6.45) is 7.94. The van der Waals surface area contributed by atoms with E-state index in [0.29, 0.717) is 12.3 Å². The fourth-order valence-electron chi connectivity index (χ4n) is 3.59. The largest absolute Gasteiger partial charge is 0.481 e. The standard InChI is InChI=1S/C14H24O2/c1-10(2)11-3-5-12(6-4-11)14(7-8-14)9-13(15)16/h10-12H,3-9H2,1-2H3,(H,15,16). The Morgan fingerprint density at radius 2 is 1.81 bits per heavy atom. The summed E-state index contributed by atoms with van der Waals surface area (Å²) in [5.74, 6) is 1.80. The van der Waals surface area contributed by atoms with Crippen molar-refractivity contribution in [1.29, 1.82) is 0 Å². The molecule has 0 aliphatic heterocycles. The molecule has 0 saturated heterocycles. The zero-order valence-corrected chi connectivity index (χ0v) is 10.5. The molecule has 2 fully saturated rings. The number of hydrogen-bond donors (Lipinski definition) is 1. The molecule has 2 nitrogen and oxygen atoms in total. The first kappa shape index (κ1) is 11.9. The summed E-state index contributed by atoms with van der Waals surface area (Å²) in [4.78, 5) is 10.9. The first-order chi connectivity index (χ1) is 7.53. The Bertz CT molecular complexity index is 258. The molecule has 0 spiro atoms. The van der Waals surface area contributed by atoms with E-state index < -0.39 is 5.97 Å². The number of carbonyl (C=O) groups is 1. The predicted molar refractivity (Wildman–Crippen MR) is 64.2 cm³/mol. The molecule has 2 rings (SSSR count). The molecule has 0 heterocycles. The second-order valence-corrected chi connectivity index (χ2v) is 6.29. The molecule has 2 aliphatic carbocycles. The van der Waals surface area contributed by atoms with Crippen LogP contribution >= 0.6 is 0 Å². The molecule has 0 radical (unpaired) electrons. The molecule has 0 aromatic heterocycles. The lowest BCUT2D eigenvalue weighted by atomic mass is 9.70. The molecule has 0 aromatic rings. The SMILES string of the molecule is CC(C)C1CCC(C2(CC(=O)O)CC2)CC1. The third-order valence-corrected chi connectivity index (χ3v) is 4.98. The molecule has 16 heavy (non-hydrogen) atoms. The minimum absolute atomic E-state index is 0.216. The number of carboxylic acids is 1. The molecule has 0 aromatic carbocycles. The van der Waals surface area contributed by atoms with E-state index in [1.54, 1.807) is 0 Å². The lowest BCUT2D eigenvalue weighted by molar-refractivity contribution is -0.139. The zero-order chi connectivity index (χ0) is 11.8. The van der Waals surface area contributed by atoms with E-state index in [2.05, 4.69) is 13.8 Å². The number of aliphatic carboxylic acids is 1. The Morgan fingerprint density at radius 3 is 2.19 bits per heavy atom. The van der Waals surface area contributed by atoms with Crippen molar-refractivity contribution in [3.05, 3.63) is 0 Å². The quantitative estimate of drug-likeness (QED) is 0.790. The minimum Gasteiger partial charge on any atom is -0.481 e. The maximum absolute atomic E-state index is 10.9. The second kappa shape index (κ2) is 4.38. The third-order valence-electron chi connectivity index (χ3n) is 4.98. The van der Waals surface area contributed by atoms with Crippen molar-refractivity contribution in [2.24, 2.45) is 23.2 Å². The number of rotatable bonds is 4. The first-order valence-corrected chi connectivity index (χ1v) is 6.75. The average molecular weight is 224 g/mol. The Morgan fingerprint density at radius 1 is 1.25 bits per heavy atom. The summed E-state index contributed by atoms with van der Waals surface area (Å²) < 4.78 is 0. The average Bonchev–Trinajstić information content (AvgIpc) is 2.98. The van der Waals surface area contributed by atoms with E-state index >= 15 is 0 Å². The highest BCUT2D eigenvalue weighted by molar-refractivity contribution is 5.68. The summed E-state index contributed by atoms with van der Waals surface area (Å²) in [6.45, 7) is 4.63. The highest BCUT2D eigenvalue weighted by Gasteiger charge is 2.50. The monoisotopic (exact) mass is 224 g/mol. The zero-order valence-electron chi connectivity index (χ0n) is 10.5. The van der Waals surface area contributed by atoms with Gasteiger partial charge in [0.2, 0.25) is 0 Å². The Balaban J connectivity index is 1.87. The van der Waals surface area contributed by atoms with E-state index in [0.717, 1.165) is 24.7 Å². The van der Waals surface area contributed by atoms with Gasteiger partial charge in [-0.3, -0.25) is 4.79 Å². The molecule has 2 heteroatoms. The Kier molecular flexibility index (Phi) is 3.27. The molecule has 92 valence electrons. The van der Waals surface area contributed by atoms with Gasteiger partial charge in [0.15, 0.2) is 0 Å². The van der Waals surface area contributed by atoms with Crippen molar-refractivity contribution >= 4 is 5.97 Å². The van der Waals surface area contributed by atoms with Crippen LogP contribution in [0.1, 0.15) is 58.8 Å². The molecular weight excluding hydrogens is 200 g/mol. The minimum atomic E-state index is -0.594. The van der Waals surface area contributed by atoms with Gasteiger partial charge in [-0.15, -0.1) is 0 Å². The topological polar surface area (TPSA) is 37.3 Å². The van der Waals surface area contributed by atoms with Crippen molar-refractivity contribution in [3.8, 4) is 0 Å². The van der Waals surface area contributed by atoms with E-state index in [9.17, 15) is 4.79 Å². The van der Waals surface area contributed by atoms with Gasteiger partial charge in [0, 0.05) is 0 Å². The van der Waals surface area contributed by atoms with E-state index in [4.69, 9.17) is 5.11 Å². The van der Waals surface area contributed by atoms with Gasteiger partial charge in [-0.25, -0.2) is 0 Å². The summed E-state index contributed by atoms with van der Waals surface area (Å²) >= 11 is 0. The molecule has 2 aliphatic rings. The van der Waals surface area contributed by atoms with Gasteiger partial charge < -0.3 is 5.11 Å². The van der Waals surface area contributed by atoms with Crippen molar-refractivity contribution in [1.82, 2.24) is 0 Å². The van der Waals surface area contributed by atoms with Crippen LogP contribution < -0.4 is 0 Å². The van der Waals surface area contributed by atoms with Gasteiger partial charge in [0.05, 0.1) is 6.42 Å². The van der Waals surface area contributed by atoms with Crippen LogP contribution in [0.2, 0.25) is 0 Å². The van der Waals surface area contributed by atoms with Gasteiger partial charge in [0.25, 0.3) is 0 Å². The van der Waals surface area contributed by atoms with Gasteiger partial charge in [-0.1, -0.05) is 13.8 Å². The molecule has 0 amide bonds. The molecule has 0 bridgehead atoms. The van der Waals surface area contributed by atoms with Crippen LogP contribution in [0.4, 0.5) is 0 Å². The highest BCUT2D eigenvalue weighted by atomic mass is 16.4. The number of carboxylic acid groups (broad SMARTS) is 1. The Hall–Kier alpha value is -0.530. The molecular formula is C14H24O2. The van der Waals surface area contributed by atoms with Gasteiger partial charge in [-0.05, 0) is 61.7 Å². The van der Waals surface area contributed by atoms with Gasteiger partial charge in [-0.2, -0.15) is 0 Å². The third kappa shape index (κ3) is 2.41. The van der Waals surface area contributed by atoms with E-state index in [1.807, 2.05) is 0 Å². The molecule has 1 N–H and O–H groups in total. The fraction of sp³-hybridized carbons (Fsp3) is 0.929. The maximum Gasteiger partial charge on any atom is 0.303 e. The summed E-state index contributed by atoms with van der Waals surface area (Å²) in [5, 5.41) is 8.96. The van der Waals surface area contributed by atoms with Crippen molar-refractivity contribution < 1.29 is 9.90 Å². The van der Waals surface area contributed by atoms with Crippen LogP contribution in [-0.4, -0.2) is 11.1 Å². The van der Waals surface area contributed by atoms with Crippen molar-refractivity contribution in [2.75, 3.05) is 0 Å². The lowest BCUT2D eigenvalue weighted by Crippen LogP contribution is -2.26.